The van der Waals surface area contributed by atoms with Crippen LogP contribution in [0.4, 0.5) is 17.3 Å². The molecule has 1 heterocycles. The summed E-state index contributed by atoms with van der Waals surface area (Å²) in [4.78, 5) is 0. The van der Waals surface area contributed by atoms with Gasteiger partial charge in [0, 0.05) is 11.6 Å². The molecule has 6 heteroatoms. The van der Waals surface area contributed by atoms with E-state index in [-0.39, 0.29) is 0 Å². The van der Waals surface area contributed by atoms with Crippen molar-refractivity contribution >= 4 is 7.25 Å². The fraction of sp³-hybridized carbons (Fsp3) is 0.0417. The molecule has 1 nitrogen and oxygen atoms in total. The molecule has 0 aliphatic heterocycles. The van der Waals surface area contributed by atoms with Crippen LogP contribution < -0.4 is 0 Å². The maximum atomic E-state index is 9.75. The van der Waals surface area contributed by atoms with Crippen molar-refractivity contribution in [2.24, 2.45) is 0 Å². The molecule has 0 radical (unpaired) electrons. The lowest BCUT2D eigenvalue weighted by atomic mass is 10.0. The smallest absolute Gasteiger partial charge is 0.418 e. The second kappa shape index (κ2) is 9.88. The van der Waals surface area contributed by atoms with Gasteiger partial charge in [0.2, 0.25) is 0 Å². The topological polar surface area (TPSA) is 11.3 Å². The summed E-state index contributed by atoms with van der Waals surface area (Å²) in [7, 11) is -6.00. The van der Waals surface area contributed by atoms with Crippen molar-refractivity contribution in [1.29, 1.82) is 0 Å². The van der Waals surface area contributed by atoms with E-state index in [0.717, 1.165) is 23.5 Å². The number of hydrogen-bond acceptors (Lipinski definition) is 0. The highest BCUT2D eigenvalue weighted by atomic mass is 19.5. The fourth-order valence-corrected chi connectivity index (χ4v) is 2.98. The molecule has 152 valence electrons. The second-order valence-electron chi connectivity index (χ2n) is 6.57. The van der Waals surface area contributed by atoms with E-state index >= 15 is 0 Å². The molecule has 0 unspecified atom stereocenters. The number of halogens is 4. The fourth-order valence-electron chi connectivity index (χ4n) is 2.98. The Morgan fingerprint density at radius 1 is 0.567 bits per heavy atom. The Labute approximate surface area is 172 Å². The highest BCUT2D eigenvalue weighted by Gasteiger charge is 2.21. The lowest BCUT2D eigenvalue weighted by molar-refractivity contribution is 0.368. The van der Waals surface area contributed by atoms with E-state index in [9.17, 15) is 17.3 Å². The average molecular weight is 410 g/mol. The predicted octanol–water partition coefficient (Wildman–Crippen LogP) is 7.79. The molecular formula is C24H19BF4O. The van der Waals surface area contributed by atoms with Crippen LogP contribution in [0.1, 0.15) is 11.3 Å². The van der Waals surface area contributed by atoms with Gasteiger partial charge in [-0.1, -0.05) is 78.9 Å². The largest absolute Gasteiger partial charge is 0.673 e. The van der Waals surface area contributed by atoms with Crippen molar-refractivity contribution in [2.75, 3.05) is 0 Å². The first kappa shape index (κ1) is 21.3. The summed E-state index contributed by atoms with van der Waals surface area (Å²) in [6.45, 7) is 0. The number of benzene rings is 3. The zero-order chi connectivity index (χ0) is 21.4. The van der Waals surface area contributed by atoms with Gasteiger partial charge in [-0.3, -0.25) is 0 Å². The summed E-state index contributed by atoms with van der Waals surface area (Å²) >= 11 is 0. The van der Waals surface area contributed by atoms with Crippen LogP contribution in [0.5, 0.6) is 0 Å². The van der Waals surface area contributed by atoms with Crippen LogP contribution in [0.2, 0.25) is 0 Å². The first-order valence-electron chi connectivity index (χ1n) is 9.37. The highest BCUT2D eigenvalue weighted by molar-refractivity contribution is 6.50. The molecule has 0 saturated carbocycles. The van der Waals surface area contributed by atoms with Crippen molar-refractivity contribution in [2.45, 2.75) is 6.42 Å². The van der Waals surface area contributed by atoms with Gasteiger partial charge in [0.05, 0.1) is 18.1 Å². The lowest BCUT2D eigenvalue weighted by Crippen LogP contribution is -2.02. The monoisotopic (exact) mass is 410 g/mol. The Kier molecular flexibility index (Phi) is 7.01. The van der Waals surface area contributed by atoms with Gasteiger partial charge in [-0.2, -0.15) is 0 Å². The minimum atomic E-state index is -6.00. The molecule has 0 amide bonds. The minimum absolute atomic E-state index is 0.779. The van der Waals surface area contributed by atoms with Crippen molar-refractivity contribution < 1.29 is 21.7 Å². The highest BCUT2D eigenvalue weighted by Crippen LogP contribution is 2.29. The predicted molar refractivity (Wildman–Crippen MR) is 113 cm³/mol. The van der Waals surface area contributed by atoms with Crippen molar-refractivity contribution in [3.05, 3.63) is 114 Å². The van der Waals surface area contributed by atoms with E-state index in [2.05, 4.69) is 72.8 Å². The summed E-state index contributed by atoms with van der Waals surface area (Å²) < 4.78 is 45.2. The molecule has 0 N–H and O–H groups in total. The van der Waals surface area contributed by atoms with Crippen LogP contribution in [-0.4, -0.2) is 7.25 Å². The van der Waals surface area contributed by atoms with Gasteiger partial charge in [-0.05, 0) is 23.3 Å². The molecule has 4 aromatic rings. The van der Waals surface area contributed by atoms with Gasteiger partial charge < -0.3 is 17.3 Å². The third kappa shape index (κ3) is 6.89. The summed E-state index contributed by atoms with van der Waals surface area (Å²) in [6, 6.07) is 35.4. The molecule has 0 bridgehead atoms. The first-order valence-corrected chi connectivity index (χ1v) is 9.37. The quantitative estimate of drug-likeness (QED) is 0.190. The van der Waals surface area contributed by atoms with Gasteiger partial charge in [0.1, 0.15) is 0 Å². The van der Waals surface area contributed by atoms with E-state index in [1.54, 1.807) is 0 Å². The molecule has 1 aromatic heterocycles. The zero-order valence-electron chi connectivity index (χ0n) is 16.0. The Hall–Kier alpha value is -3.41. The Balaban J connectivity index is 0.000000461. The Bertz CT molecular complexity index is 989. The van der Waals surface area contributed by atoms with Crippen LogP contribution in [0.15, 0.2) is 108 Å². The minimum Gasteiger partial charge on any atom is -0.418 e. The van der Waals surface area contributed by atoms with Gasteiger partial charge in [-0.25, -0.2) is 4.42 Å². The second-order valence-corrected chi connectivity index (χ2v) is 6.57. The summed E-state index contributed by atoms with van der Waals surface area (Å²) in [5, 5.41) is 0. The SMILES string of the molecule is F[B-](F)(F)F.c1ccc(Cc2cc(-c3ccccc3)cc(-c3ccccc3)[o+]2)cc1. The van der Waals surface area contributed by atoms with E-state index in [4.69, 9.17) is 4.42 Å². The van der Waals surface area contributed by atoms with Crippen molar-refractivity contribution in [3.8, 4) is 22.5 Å². The van der Waals surface area contributed by atoms with Crippen LogP contribution in [0.3, 0.4) is 0 Å². The van der Waals surface area contributed by atoms with Crippen LogP contribution >= 0.6 is 0 Å². The Morgan fingerprint density at radius 2 is 1.03 bits per heavy atom. The number of hydrogen-bond donors (Lipinski definition) is 0. The average Bonchev–Trinajstić information content (AvgIpc) is 2.74. The lowest BCUT2D eigenvalue weighted by Gasteiger charge is -2.02. The van der Waals surface area contributed by atoms with Gasteiger partial charge in [-0.15, -0.1) is 0 Å². The van der Waals surface area contributed by atoms with Crippen LogP contribution in [0, 0.1) is 0 Å². The maximum absolute atomic E-state index is 9.75. The van der Waals surface area contributed by atoms with Crippen LogP contribution in [-0.2, 0) is 6.42 Å². The third-order valence-corrected chi connectivity index (χ3v) is 4.23. The van der Waals surface area contributed by atoms with E-state index in [1.165, 1.54) is 16.7 Å². The summed E-state index contributed by atoms with van der Waals surface area (Å²) in [5.41, 5.74) is 4.71. The molecule has 3 aromatic carbocycles. The van der Waals surface area contributed by atoms with Gasteiger partial charge in [0.15, 0.2) is 0 Å². The van der Waals surface area contributed by atoms with E-state index in [1.807, 2.05) is 30.3 Å². The third-order valence-electron chi connectivity index (χ3n) is 4.23. The standard InChI is InChI=1S/C24H19O.BF4/c1-4-10-19(11-5-1)16-23-17-22(20-12-6-2-7-13-20)18-24(25-23)21-14-8-3-9-15-21;2-1(3,4)5/h1-15,17-18H,16H2;/q+1;-1. The Morgan fingerprint density at radius 3 is 1.57 bits per heavy atom. The molecule has 30 heavy (non-hydrogen) atoms. The first-order chi connectivity index (χ1) is 14.4. The molecule has 0 spiro atoms. The molecule has 4 rings (SSSR count). The van der Waals surface area contributed by atoms with Gasteiger partial charge >= 0.3 is 18.8 Å². The van der Waals surface area contributed by atoms with Crippen molar-refractivity contribution in [3.63, 3.8) is 0 Å². The van der Waals surface area contributed by atoms with Crippen LogP contribution in [0.25, 0.3) is 22.5 Å². The van der Waals surface area contributed by atoms with Gasteiger partial charge in [0.25, 0.3) is 0 Å². The number of rotatable bonds is 4. The molecule has 0 aliphatic carbocycles. The molecule has 0 aliphatic rings. The van der Waals surface area contributed by atoms with E-state index < -0.39 is 7.25 Å². The summed E-state index contributed by atoms with van der Waals surface area (Å²) in [6.07, 6.45) is 0.779. The zero-order valence-corrected chi connectivity index (χ0v) is 16.0. The summed E-state index contributed by atoms with van der Waals surface area (Å²) in [5.74, 6) is 1.86. The molecule has 0 fully saturated rings. The van der Waals surface area contributed by atoms with Crippen molar-refractivity contribution in [1.82, 2.24) is 0 Å². The molecule has 0 atom stereocenters. The van der Waals surface area contributed by atoms with E-state index in [0.29, 0.717) is 0 Å². The molecular weight excluding hydrogens is 391 g/mol. The molecule has 0 saturated heterocycles. The maximum Gasteiger partial charge on any atom is 0.673 e. The normalized spacial score (nSPS) is 10.8.